The average molecular weight is 240 g/mol. The van der Waals surface area contributed by atoms with Crippen LogP contribution in [-0.4, -0.2) is 29.0 Å². The number of ether oxygens (including phenoxy) is 1. The van der Waals surface area contributed by atoms with E-state index in [1.807, 2.05) is 24.1 Å². The van der Waals surface area contributed by atoms with Gasteiger partial charge in [-0.25, -0.2) is 0 Å². The van der Waals surface area contributed by atoms with E-state index in [4.69, 9.17) is 10.6 Å². The Hall–Kier alpha value is -0.910. The second-order valence-electron chi connectivity index (χ2n) is 4.40. The van der Waals surface area contributed by atoms with Crippen molar-refractivity contribution in [2.45, 2.75) is 44.8 Å². The van der Waals surface area contributed by atoms with Crippen LogP contribution in [0.5, 0.6) is 0 Å². The summed E-state index contributed by atoms with van der Waals surface area (Å²) in [6.45, 7) is 2.15. The molecule has 0 aliphatic carbocycles. The molecule has 0 bridgehead atoms. The van der Waals surface area contributed by atoms with Gasteiger partial charge in [0.15, 0.2) is 0 Å². The van der Waals surface area contributed by atoms with Crippen molar-refractivity contribution in [1.82, 2.24) is 15.2 Å². The molecule has 0 saturated heterocycles. The number of hydrazine groups is 1. The van der Waals surface area contributed by atoms with Crippen molar-refractivity contribution >= 4 is 0 Å². The maximum atomic E-state index is 5.60. The molecule has 2 unspecified atom stereocenters. The molecule has 2 atom stereocenters. The van der Waals surface area contributed by atoms with Gasteiger partial charge in [0.05, 0.1) is 12.3 Å². The number of hydrogen-bond acceptors (Lipinski definition) is 4. The highest BCUT2D eigenvalue weighted by Crippen LogP contribution is 2.12. The predicted octanol–water partition coefficient (Wildman–Crippen LogP) is 1.000. The molecule has 0 fully saturated rings. The van der Waals surface area contributed by atoms with Crippen molar-refractivity contribution in [1.29, 1.82) is 0 Å². The summed E-state index contributed by atoms with van der Waals surface area (Å²) in [6.07, 6.45) is 8.17. The largest absolute Gasteiger partial charge is 0.380 e. The predicted molar refractivity (Wildman–Crippen MR) is 68.3 cm³/mol. The zero-order valence-corrected chi connectivity index (χ0v) is 11.0. The summed E-state index contributed by atoms with van der Waals surface area (Å²) in [4.78, 5) is 0. The highest BCUT2D eigenvalue weighted by molar-refractivity contribution is 5.04. The van der Waals surface area contributed by atoms with E-state index in [0.29, 0.717) is 0 Å². The molecule has 0 saturated carbocycles. The Labute approximate surface area is 103 Å². The second kappa shape index (κ2) is 7.42. The van der Waals surface area contributed by atoms with Crippen LogP contribution in [0.15, 0.2) is 12.4 Å². The van der Waals surface area contributed by atoms with Gasteiger partial charge in [-0.3, -0.25) is 16.0 Å². The molecule has 1 aromatic rings. The molecular formula is C12H24N4O. The van der Waals surface area contributed by atoms with Gasteiger partial charge in [-0.15, -0.1) is 0 Å². The molecule has 5 nitrogen and oxygen atoms in total. The van der Waals surface area contributed by atoms with Gasteiger partial charge in [-0.2, -0.15) is 5.10 Å². The molecule has 17 heavy (non-hydrogen) atoms. The molecule has 0 spiro atoms. The standard InChI is InChI=1S/C12H24N4O/c1-4-5-12(17-3)11(15-13)7-6-10-8-14-16(2)9-10/h8-9,11-12,15H,4-7,13H2,1-3H3. The van der Waals surface area contributed by atoms with Crippen LogP contribution in [0, 0.1) is 0 Å². The van der Waals surface area contributed by atoms with Crippen LogP contribution >= 0.6 is 0 Å². The van der Waals surface area contributed by atoms with E-state index in [0.717, 1.165) is 25.7 Å². The smallest absolute Gasteiger partial charge is 0.0737 e. The van der Waals surface area contributed by atoms with E-state index in [1.165, 1.54) is 5.56 Å². The Bertz CT molecular complexity index is 313. The summed E-state index contributed by atoms with van der Waals surface area (Å²) in [7, 11) is 3.67. The zero-order chi connectivity index (χ0) is 12.7. The van der Waals surface area contributed by atoms with Crippen molar-refractivity contribution in [3.8, 4) is 0 Å². The molecule has 0 radical (unpaired) electrons. The first-order chi connectivity index (χ1) is 8.21. The Morgan fingerprint density at radius 1 is 1.53 bits per heavy atom. The highest BCUT2D eigenvalue weighted by Gasteiger charge is 2.19. The minimum absolute atomic E-state index is 0.182. The van der Waals surface area contributed by atoms with Gasteiger partial charge in [0.25, 0.3) is 0 Å². The van der Waals surface area contributed by atoms with E-state index in [9.17, 15) is 0 Å². The summed E-state index contributed by atoms with van der Waals surface area (Å²) in [5, 5.41) is 4.16. The van der Waals surface area contributed by atoms with Crippen LogP contribution in [0.4, 0.5) is 0 Å². The molecule has 98 valence electrons. The SMILES string of the molecule is CCCC(OC)C(CCc1cnn(C)c1)NN. The molecule has 1 rings (SSSR count). The van der Waals surface area contributed by atoms with Crippen molar-refractivity contribution in [2.24, 2.45) is 12.9 Å². The van der Waals surface area contributed by atoms with E-state index in [-0.39, 0.29) is 12.1 Å². The first-order valence-electron chi connectivity index (χ1n) is 6.17. The number of nitrogens with two attached hydrogens (primary N) is 1. The Morgan fingerprint density at radius 2 is 2.29 bits per heavy atom. The number of methoxy groups -OCH3 is 1. The molecule has 1 aromatic heterocycles. The van der Waals surface area contributed by atoms with Crippen LogP contribution in [-0.2, 0) is 18.2 Å². The lowest BCUT2D eigenvalue weighted by Crippen LogP contribution is -2.45. The third kappa shape index (κ3) is 4.46. The molecule has 0 aromatic carbocycles. The highest BCUT2D eigenvalue weighted by atomic mass is 16.5. The number of rotatable bonds is 8. The molecular weight excluding hydrogens is 216 g/mol. The van der Waals surface area contributed by atoms with Crippen LogP contribution in [0.3, 0.4) is 0 Å². The zero-order valence-electron chi connectivity index (χ0n) is 11.0. The summed E-state index contributed by atoms with van der Waals surface area (Å²) in [6, 6.07) is 0.195. The lowest BCUT2D eigenvalue weighted by Gasteiger charge is -2.24. The molecule has 0 aliphatic heterocycles. The van der Waals surface area contributed by atoms with Crippen LogP contribution < -0.4 is 11.3 Å². The third-order valence-electron chi connectivity index (χ3n) is 3.04. The van der Waals surface area contributed by atoms with Gasteiger partial charge >= 0.3 is 0 Å². The summed E-state index contributed by atoms with van der Waals surface area (Å²) in [5.41, 5.74) is 4.10. The molecule has 1 heterocycles. The summed E-state index contributed by atoms with van der Waals surface area (Å²) >= 11 is 0. The minimum atomic E-state index is 0.182. The minimum Gasteiger partial charge on any atom is -0.380 e. The number of aryl methyl sites for hydroxylation is 2. The monoisotopic (exact) mass is 240 g/mol. The maximum Gasteiger partial charge on any atom is 0.0737 e. The molecule has 3 N–H and O–H groups in total. The Balaban J connectivity index is 2.45. The second-order valence-corrected chi connectivity index (χ2v) is 4.40. The van der Waals surface area contributed by atoms with Gasteiger partial charge in [0.2, 0.25) is 0 Å². The third-order valence-corrected chi connectivity index (χ3v) is 3.04. The van der Waals surface area contributed by atoms with E-state index in [1.54, 1.807) is 7.11 Å². The van der Waals surface area contributed by atoms with Gasteiger partial charge in [0.1, 0.15) is 0 Å². The summed E-state index contributed by atoms with van der Waals surface area (Å²) in [5.74, 6) is 5.60. The molecule has 5 heteroatoms. The first-order valence-corrected chi connectivity index (χ1v) is 6.17. The maximum absolute atomic E-state index is 5.60. The van der Waals surface area contributed by atoms with Gasteiger partial charge < -0.3 is 4.74 Å². The normalized spacial score (nSPS) is 14.8. The van der Waals surface area contributed by atoms with Crippen molar-refractivity contribution < 1.29 is 4.74 Å². The van der Waals surface area contributed by atoms with Gasteiger partial charge in [-0.1, -0.05) is 13.3 Å². The van der Waals surface area contributed by atoms with Crippen LogP contribution in [0.25, 0.3) is 0 Å². The fourth-order valence-electron chi connectivity index (χ4n) is 2.07. The Kier molecular flexibility index (Phi) is 6.18. The summed E-state index contributed by atoms with van der Waals surface area (Å²) < 4.78 is 7.29. The van der Waals surface area contributed by atoms with E-state index >= 15 is 0 Å². The molecule has 0 amide bonds. The topological polar surface area (TPSA) is 65.1 Å². The van der Waals surface area contributed by atoms with Gasteiger partial charge in [0, 0.05) is 26.4 Å². The van der Waals surface area contributed by atoms with Crippen LogP contribution in [0.2, 0.25) is 0 Å². The average Bonchev–Trinajstić information content (AvgIpc) is 2.74. The Morgan fingerprint density at radius 3 is 2.76 bits per heavy atom. The van der Waals surface area contributed by atoms with Crippen molar-refractivity contribution in [2.75, 3.05) is 7.11 Å². The quantitative estimate of drug-likeness (QED) is 0.525. The van der Waals surface area contributed by atoms with Crippen molar-refractivity contribution in [3.63, 3.8) is 0 Å². The number of aromatic nitrogens is 2. The molecule has 0 aliphatic rings. The van der Waals surface area contributed by atoms with E-state index in [2.05, 4.69) is 17.4 Å². The van der Waals surface area contributed by atoms with E-state index < -0.39 is 0 Å². The fourth-order valence-corrected chi connectivity index (χ4v) is 2.07. The fraction of sp³-hybridized carbons (Fsp3) is 0.750. The number of hydrogen-bond donors (Lipinski definition) is 2. The lowest BCUT2D eigenvalue weighted by atomic mass is 10.0. The first kappa shape index (κ1) is 14.2. The number of nitrogens with one attached hydrogen (secondary N) is 1. The number of nitrogens with zero attached hydrogens (tertiary/aromatic N) is 2. The van der Waals surface area contributed by atoms with Crippen molar-refractivity contribution in [3.05, 3.63) is 18.0 Å². The lowest BCUT2D eigenvalue weighted by molar-refractivity contribution is 0.0582. The van der Waals surface area contributed by atoms with Gasteiger partial charge in [-0.05, 0) is 24.8 Å². The van der Waals surface area contributed by atoms with Crippen LogP contribution in [0.1, 0.15) is 31.7 Å².